The molecule has 82 valence electrons. The van der Waals surface area contributed by atoms with E-state index in [0.29, 0.717) is 0 Å². The van der Waals surface area contributed by atoms with Gasteiger partial charge in [-0.2, -0.15) is 0 Å². The fraction of sp³-hybridized carbons (Fsp3) is 0.250. The van der Waals surface area contributed by atoms with E-state index in [4.69, 9.17) is 0 Å². The third-order valence-corrected chi connectivity index (χ3v) is 2.73. The van der Waals surface area contributed by atoms with Crippen LogP contribution in [0, 0.1) is 5.92 Å². The van der Waals surface area contributed by atoms with Crippen molar-refractivity contribution >= 4 is 17.3 Å². The molecule has 0 amide bonds. The normalized spacial score (nSPS) is 18.7. The number of aromatic hydroxyl groups is 1. The van der Waals surface area contributed by atoms with Gasteiger partial charge in [0.25, 0.3) is 0 Å². The summed E-state index contributed by atoms with van der Waals surface area (Å²) in [6.45, 7) is 1.61. The lowest BCUT2D eigenvalue weighted by molar-refractivity contribution is -0.119. The molecular formula is C12H10O4. The summed E-state index contributed by atoms with van der Waals surface area (Å²) in [5, 5.41) is 9.23. The number of fused-ring (bicyclic) bond motifs is 1. The molecule has 0 saturated carbocycles. The Morgan fingerprint density at radius 2 is 1.88 bits per heavy atom. The van der Waals surface area contributed by atoms with Crippen molar-refractivity contribution < 1.29 is 19.5 Å². The van der Waals surface area contributed by atoms with Crippen molar-refractivity contribution in [1.29, 1.82) is 0 Å². The molecular weight excluding hydrogens is 208 g/mol. The number of phenols is 1. The topological polar surface area (TPSA) is 71.4 Å². The van der Waals surface area contributed by atoms with E-state index in [1.54, 1.807) is 6.92 Å². The van der Waals surface area contributed by atoms with Gasteiger partial charge in [-0.1, -0.05) is 6.92 Å². The SMILES string of the molecule is CCC(=O)C1C(=O)c2ccc(O)cc2C1=O. The number of carbonyl (C=O) groups is 3. The van der Waals surface area contributed by atoms with Gasteiger partial charge in [0.2, 0.25) is 0 Å². The second kappa shape index (κ2) is 3.56. The molecule has 1 aliphatic carbocycles. The fourth-order valence-corrected chi connectivity index (χ4v) is 1.88. The Labute approximate surface area is 91.9 Å². The van der Waals surface area contributed by atoms with Crippen LogP contribution in [0.15, 0.2) is 18.2 Å². The van der Waals surface area contributed by atoms with Crippen LogP contribution in [0.4, 0.5) is 0 Å². The highest BCUT2D eigenvalue weighted by molar-refractivity contribution is 6.35. The number of benzene rings is 1. The molecule has 1 aromatic rings. The van der Waals surface area contributed by atoms with E-state index >= 15 is 0 Å². The molecule has 4 heteroatoms. The number of ketones is 3. The lowest BCUT2D eigenvalue weighted by Crippen LogP contribution is -2.24. The van der Waals surface area contributed by atoms with Crippen molar-refractivity contribution in [3.05, 3.63) is 29.3 Å². The van der Waals surface area contributed by atoms with E-state index in [-0.39, 0.29) is 29.1 Å². The molecule has 2 rings (SSSR count). The van der Waals surface area contributed by atoms with Crippen molar-refractivity contribution in [3.8, 4) is 5.75 Å². The zero-order valence-electron chi connectivity index (χ0n) is 8.69. The summed E-state index contributed by atoms with van der Waals surface area (Å²) in [7, 11) is 0. The van der Waals surface area contributed by atoms with Crippen molar-refractivity contribution in [2.24, 2.45) is 5.92 Å². The molecule has 0 spiro atoms. The predicted molar refractivity (Wildman–Crippen MR) is 55.6 cm³/mol. The maximum atomic E-state index is 11.8. The Morgan fingerprint density at radius 1 is 1.25 bits per heavy atom. The molecule has 0 fully saturated rings. The number of carbonyl (C=O) groups excluding carboxylic acids is 3. The van der Waals surface area contributed by atoms with E-state index in [1.807, 2.05) is 0 Å². The van der Waals surface area contributed by atoms with Gasteiger partial charge in [0.1, 0.15) is 11.7 Å². The van der Waals surface area contributed by atoms with Gasteiger partial charge in [-0.05, 0) is 18.2 Å². The highest BCUT2D eigenvalue weighted by Gasteiger charge is 2.42. The summed E-state index contributed by atoms with van der Waals surface area (Å²) in [5.41, 5.74) is 0.381. The molecule has 16 heavy (non-hydrogen) atoms. The summed E-state index contributed by atoms with van der Waals surface area (Å²) in [4.78, 5) is 35.1. The number of rotatable bonds is 2. The molecule has 1 unspecified atom stereocenters. The standard InChI is InChI=1S/C12H10O4/c1-2-9(14)10-11(15)7-4-3-6(13)5-8(7)12(10)16/h3-5,10,13H,2H2,1H3. The van der Waals surface area contributed by atoms with E-state index in [0.717, 1.165) is 0 Å². The van der Waals surface area contributed by atoms with E-state index in [1.165, 1.54) is 18.2 Å². The van der Waals surface area contributed by atoms with Gasteiger partial charge in [-0.3, -0.25) is 14.4 Å². The monoisotopic (exact) mass is 218 g/mol. The predicted octanol–water partition coefficient (Wildman–Crippen LogP) is 1.37. The Bertz CT molecular complexity index is 502. The van der Waals surface area contributed by atoms with E-state index in [2.05, 4.69) is 0 Å². The molecule has 1 N–H and O–H groups in total. The number of hydrogen-bond donors (Lipinski definition) is 1. The lowest BCUT2D eigenvalue weighted by Gasteiger charge is -2.01. The van der Waals surface area contributed by atoms with Gasteiger partial charge in [-0.25, -0.2) is 0 Å². The second-order valence-electron chi connectivity index (χ2n) is 3.71. The zero-order valence-corrected chi connectivity index (χ0v) is 8.69. The van der Waals surface area contributed by atoms with Gasteiger partial charge < -0.3 is 5.11 Å². The first kappa shape index (κ1) is 10.5. The molecule has 0 heterocycles. The maximum Gasteiger partial charge on any atom is 0.182 e. The summed E-state index contributed by atoms with van der Waals surface area (Å²) in [6, 6.07) is 3.95. The quantitative estimate of drug-likeness (QED) is 0.761. The van der Waals surface area contributed by atoms with Crippen molar-refractivity contribution in [2.75, 3.05) is 0 Å². The highest BCUT2D eigenvalue weighted by Crippen LogP contribution is 2.30. The first-order valence-electron chi connectivity index (χ1n) is 5.00. The van der Waals surface area contributed by atoms with Crippen molar-refractivity contribution in [1.82, 2.24) is 0 Å². The molecule has 0 aliphatic heterocycles. The second-order valence-corrected chi connectivity index (χ2v) is 3.71. The minimum absolute atomic E-state index is 0.0792. The Kier molecular flexibility index (Phi) is 2.34. The van der Waals surface area contributed by atoms with Crippen LogP contribution in [-0.2, 0) is 4.79 Å². The van der Waals surface area contributed by atoms with Gasteiger partial charge >= 0.3 is 0 Å². The average Bonchev–Trinajstić information content (AvgIpc) is 2.51. The third kappa shape index (κ3) is 1.34. The lowest BCUT2D eigenvalue weighted by atomic mass is 9.97. The molecule has 0 saturated heterocycles. The van der Waals surface area contributed by atoms with Crippen molar-refractivity contribution in [3.63, 3.8) is 0 Å². The fourth-order valence-electron chi connectivity index (χ4n) is 1.88. The summed E-state index contributed by atoms with van der Waals surface area (Å²) >= 11 is 0. The van der Waals surface area contributed by atoms with E-state index in [9.17, 15) is 19.5 Å². The van der Waals surface area contributed by atoms with Crippen LogP contribution < -0.4 is 0 Å². The van der Waals surface area contributed by atoms with E-state index < -0.39 is 17.5 Å². The molecule has 0 radical (unpaired) electrons. The van der Waals surface area contributed by atoms with Gasteiger partial charge in [0.15, 0.2) is 17.3 Å². The summed E-state index contributed by atoms with van der Waals surface area (Å²) < 4.78 is 0. The van der Waals surface area contributed by atoms with Crippen LogP contribution in [0.25, 0.3) is 0 Å². The molecule has 0 bridgehead atoms. The molecule has 4 nitrogen and oxygen atoms in total. The van der Waals surface area contributed by atoms with Gasteiger partial charge in [0.05, 0.1) is 0 Å². The number of Topliss-reactive ketones (excluding diaryl/α,β-unsaturated/α-hetero) is 3. The third-order valence-electron chi connectivity index (χ3n) is 2.73. The van der Waals surface area contributed by atoms with Crippen molar-refractivity contribution in [2.45, 2.75) is 13.3 Å². The largest absolute Gasteiger partial charge is 0.508 e. The smallest absolute Gasteiger partial charge is 0.182 e. The summed E-state index contributed by atoms with van der Waals surface area (Å²) in [6.07, 6.45) is 0.155. The summed E-state index contributed by atoms with van der Waals surface area (Å²) in [5.74, 6) is -2.59. The van der Waals surface area contributed by atoms with Crippen LogP contribution in [0.1, 0.15) is 34.1 Å². The molecule has 1 aromatic carbocycles. The molecule has 1 aliphatic rings. The first-order chi connectivity index (χ1) is 7.56. The minimum atomic E-state index is -1.19. The number of hydrogen-bond acceptors (Lipinski definition) is 4. The highest BCUT2D eigenvalue weighted by atomic mass is 16.3. The average molecular weight is 218 g/mol. The van der Waals surface area contributed by atoms with Gasteiger partial charge in [-0.15, -0.1) is 0 Å². The van der Waals surface area contributed by atoms with Crippen LogP contribution in [-0.4, -0.2) is 22.5 Å². The minimum Gasteiger partial charge on any atom is -0.508 e. The molecule has 0 aromatic heterocycles. The Morgan fingerprint density at radius 3 is 2.50 bits per heavy atom. The first-order valence-corrected chi connectivity index (χ1v) is 5.00. The number of phenolic OH excluding ortho intramolecular Hbond substituents is 1. The Hall–Kier alpha value is -1.97. The molecule has 1 atom stereocenters. The maximum absolute atomic E-state index is 11.8. The zero-order chi connectivity index (χ0) is 11.9. The Balaban J connectivity index is 2.52. The van der Waals surface area contributed by atoms with Crippen LogP contribution in [0.3, 0.4) is 0 Å². The van der Waals surface area contributed by atoms with Crippen LogP contribution >= 0.6 is 0 Å². The van der Waals surface area contributed by atoms with Gasteiger partial charge in [0, 0.05) is 17.5 Å². The van der Waals surface area contributed by atoms with Crippen LogP contribution in [0.2, 0.25) is 0 Å². The van der Waals surface area contributed by atoms with Crippen LogP contribution in [0.5, 0.6) is 5.75 Å².